The first-order chi connectivity index (χ1) is 13.8. The number of amides is 1. The Morgan fingerprint density at radius 3 is 2.45 bits per heavy atom. The summed E-state index contributed by atoms with van der Waals surface area (Å²) in [6.45, 7) is 2.89. The number of ether oxygens (including phenoxy) is 1. The van der Waals surface area contributed by atoms with Crippen LogP contribution in [0.3, 0.4) is 0 Å². The van der Waals surface area contributed by atoms with Crippen LogP contribution in [0.4, 0.5) is 0 Å². The molecule has 7 nitrogen and oxygen atoms in total. The largest absolute Gasteiger partial charge is 0.446 e. The second-order valence-corrected chi connectivity index (χ2v) is 8.89. The maximum Gasteiger partial charge on any atom is 0.322 e. The molecule has 0 bridgehead atoms. The smallest absolute Gasteiger partial charge is 0.322 e. The summed E-state index contributed by atoms with van der Waals surface area (Å²) >= 11 is 0. The summed E-state index contributed by atoms with van der Waals surface area (Å²) in [5.74, 6) is -1.25. The van der Waals surface area contributed by atoms with Crippen molar-refractivity contribution in [3.63, 3.8) is 0 Å². The van der Waals surface area contributed by atoms with E-state index >= 15 is 0 Å². The third-order valence-electron chi connectivity index (χ3n) is 4.55. The van der Waals surface area contributed by atoms with E-state index in [1.807, 2.05) is 6.07 Å². The average Bonchev–Trinajstić information content (AvgIpc) is 3.51. The highest BCUT2D eigenvalue weighted by atomic mass is 32.2. The lowest BCUT2D eigenvalue weighted by molar-refractivity contribution is -0.155. The van der Waals surface area contributed by atoms with Crippen molar-refractivity contribution in [2.24, 2.45) is 0 Å². The molecule has 0 saturated heterocycles. The minimum absolute atomic E-state index is 0.107. The molecule has 154 valence electrons. The third kappa shape index (κ3) is 5.65. The van der Waals surface area contributed by atoms with Gasteiger partial charge in [-0.1, -0.05) is 42.5 Å². The lowest BCUT2D eigenvalue weighted by Gasteiger charge is -2.18. The number of rotatable bonds is 8. The summed E-state index contributed by atoms with van der Waals surface area (Å²) in [5.41, 5.74) is 1.89. The average molecular weight is 416 g/mol. The van der Waals surface area contributed by atoms with Gasteiger partial charge in [-0.3, -0.25) is 9.59 Å². The Balaban J connectivity index is 1.68. The van der Waals surface area contributed by atoms with E-state index in [0.29, 0.717) is 11.1 Å². The number of hydrogen-bond donors (Lipinski definition) is 2. The SMILES string of the molecule is Cc1ccc(C)c(S(=O)(=O)NCC(=O)O[C@H](C(=O)NC2CC2)c2ccccc2)c1. The molecular weight excluding hydrogens is 392 g/mol. The monoisotopic (exact) mass is 416 g/mol. The molecule has 2 aromatic carbocycles. The second-order valence-electron chi connectivity index (χ2n) is 7.16. The van der Waals surface area contributed by atoms with Crippen LogP contribution in [0.1, 0.15) is 35.6 Å². The van der Waals surface area contributed by atoms with Crippen LogP contribution in [-0.2, 0) is 24.3 Å². The van der Waals surface area contributed by atoms with Gasteiger partial charge in [-0.05, 0) is 43.9 Å². The minimum atomic E-state index is -3.89. The first-order valence-electron chi connectivity index (χ1n) is 9.38. The Morgan fingerprint density at radius 2 is 1.79 bits per heavy atom. The topological polar surface area (TPSA) is 102 Å². The van der Waals surface area contributed by atoms with Crippen LogP contribution in [0.15, 0.2) is 53.4 Å². The zero-order valence-electron chi connectivity index (χ0n) is 16.3. The number of aryl methyl sites for hydroxylation is 2. The standard InChI is InChI=1S/C21H24N2O5S/c1-14-8-9-15(2)18(12-14)29(26,27)22-13-19(24)28-20(16-6-4-3-5-7-16)21(25)23-17-10-11-17/h3-9,12,17,20,22H,10-11,13H2,1-2H3,(H,23,25)/t20-/m0/s1. The van der Waals surface area contributed by atoms with Crippen LogP contribution in [0.2, 0.25) is 0 Å². The van der Waals surface area contributed by atoms with Crippen LogP contribution in [-0.4, -0.2) is 32.9 Å². The van der Waals surface area contributed by atoms with Crippen molar-refractivity contribution in [3.8, 4) is 0 Å². The fourth-order valence-electron chi connectivity index (χ4n) is 2.81. The van der Waals surface area contributed by atoms with Gasteiger partial charge in [0.05, 0.1) is 4.90 Å². The summed E-state index contributed by atoms with van der Waals surface area (Å²) in [6, 6.07) is 13.8. The summed E-state index contributed by atoms with van der Waals surface area (Å²) < 4.78 is 32.7. The number of esters is 1. The molecule has 0 radical (unpaired) electrons. The normalized spacial score (nSPS) is 14.8. The molecule has 0 unspecified atom stereocenters. The molecule has 0 heterocycles. The van der Waals surface area contributed by atoms with E-state index in [1.165, 1.54) is 0 Å². The van der Waals surface area contributed by atoms with Crippen molar-refractivity contribution >= 4 is 21.9 Å². The molecule has 1 aliphatic rings. The Labute approximate surface area is 170 Å². The van der Waals surface area contributed by atoms with Gasteiger partial charge >= 0.3 is 5.97 Å². The maximum atomic E-state index is 12.6. The number of benzene rings is 2. The van der Waals surface area contributed by atoms with E-state index in [-0.39, 0.29) is 10.9 Å². The van der Waals surface area contributed by atoms with E-state index in [4.69, 9.17) is 4.74 Å². The fourth-order valence-corrected chi connectivity index (χ4v) is 4.10. The summed E-state index contributed by atoms with van der Waals surface area (Å²) in [7, 11) is -3.89. The molecule has 3 rings (SSSR count). The highest BCUT2D eigenvalue weighted by Gasteiger charge is 2.31. The van der Waals surface area contributed by atoms with Gasteiger partial charge in [0.1, 0.15) is 6.54 Å². The summed E-state index contributed by atoms with van der Waals surface area (Å²) in [4.78, 5) is 24.9. The number of carbonyl (C=O) groups excluding carboxylic acids is 2. The minimum Gasteiger partial charge on any atom is -0.446 e. The van der Waals surface area contributed by atoms with E-state index in [0.717, 1.165) is 18.4 Å². The molecule has 2 aromatic rings. The first kappa shape index (κ1) is 21.0. The van der Waals surface area contributed by atoms with Gasteiger partial charge in [-0.2, -0.15) is 4.72 Å². The van der Waals surface area contributed by atoms with Gasteiger partial charge < -0.3 is 10.1 Å². The molecular formula is C21H24N2O5S. The molecule has 2 N–H and O–H groups in total. The van der Waals surface area contributed by atoms with Crippen LogP contribution >= 0.6 is 0 Å². The molecule has 1 atom stereocenters. The number of nitrogens with one attached hydrogen (secondary N) is 2. The molecule has 1 aliphatic carbocycles. The summed E-state index contributed by atoms with van der Waals surface area (Å²) in [6.07, 6.45) is 0.669. The van der Waals surface area contributed by atoms with Gasteiger partial charge in [-0.15, -0.1) is 0 Å². The Bertz CT molecular complexity index is 1000. The van der Waals surface area contributed by atoms with Crippen LogP contribution in [0, 0.1) is 13.8 Å². The van der Waals surface area contributed by atoms with Crippen molar-refractivity contribution in [2.45, 2.75) is 43.7 Å². The van der Waals surface area contributed by atoms with Gasteiger partial charge in [0.15, 0.2) is 0 Å². The van der Waals surface area contributed by atoms with Gasteiger partial charge in [0.2, 0.25) is 16.1 Å². The molecule has 1 saturated carbocycles. The Morgan fingerprint density at radius 1 is 1.10 bits per heavy atom. The first-order valence-corrected chi connectivity index (χ1v) is 10.9. The van der Waals surface area contributed by atoms with E-state index in [2.05, 4.69) is 10.0 Å². The van der Waals surface area contributed by atoms with Gasteiger partial charge in [-0.25, -0.2) is 8.42 Å². The zero-order valence-corrected chi connectivity index (χ0v) is 17.2. The van der Waals surface area contributed by atoms with Crippen LogP contribution in [0.5, 0.6) is 0 Å². The molecule has 1 fully saturated rings. The number of hydrogen-bond acceptors (Lipinski definition) is 5. The van der Waals surface area contributed by atoms with Crippen LogP contribution < -0.4 is 10.0 Å². The predicted molar refractivity (Wildman–Crippen MR) is 108 cm³/mol. The number of sulfonamides is 1. The van der Waals surface area contributed by atoms with Crippen molar-refractivity contribution in [3.05, 3.63) is 65.2 Å². The Kier molecular flexibility index (Phi) is 6.34. The maximum absolute atomic E-state index is 12.6. The fraction of sp³-hybridized carbons (Fsp3) is 0.333. The van der Waals surface area contributed by atoms with Crippen molar-refractivity contribution in [1.29, 1.82) is 0 Å². The molecule has 0 aromatic heterocycles. The third-order valence-corrected chi connectivity index (χ3v) is 6.10. The van der Waals surface area contributed by atoms with Crippen molar-refractivity contribution in [1.82, 2.24) is 10.0 Å². The number of carbonyl (C=O) groups is 2. The highest BCUT2D eigenvalue weighted by Crippen LogP contribution is 2.23. The van der Waals surface area contributed by atoms with E-state index in [9.17, 15) is 18.0 Å². The van der Waals surface area contributed by atoms with Gasteiger partial charge in [0.25, 0.3) is 5.91 Å². The molecule has 1 amide bonds. The quantitative estimate of drug-likeness (QED) is 0.642. The second kappa shape index (κ2) is 8.75. The molecule has 0 aliphatic heterocycles. The van der Waals surface area contributed by atoms with Crippen molar-refractivity contribution in [2.75, 3.05) is 6.54 Å². The molecule has 8 heteroatoms. The molecule has 0 spiro atoms. The van der Waals surface area contributed by atoms with E-state index < -0.39 is 34.5 Å². The Hall–Kier alpha value is -2.71. The lowest BCUT2D eigenvalue weighted by Crippen LogP contribution is -2.36. The highest BCUT2D eigenvalue weighted by molar-refractivity contribution is 7.89. The van der Waals surface area contributed by atoms with Crippen LogP contribution in [0.25, 0.3) is 0 Å². The van der Waals surface area contributed by atoms with Gasteiger partial charge in [0, 0.05) is 11.6 Å². The van der Waals surface area contributed by atoms with Crippen molar-refractivity contribution < 1.29 is 22.7 Å². The lowest BCUT2D eigenvalue weighted by atomic mass is 10.1. The predicted octanol–water partition coefficient (Wildman–Crippen LogP) is 2.14. The zero-order chi connectivity index (χ0) is 21.0. The van der Waals surface area contributed by atoms with E-state index in [1.54, 1.807) is 56.3 Å². The molecule has 29 heavy (non-hydrogen) atoms. The summed E-state index contributed by atoms with van der Waals surface area (Å²) in [5, 5.41) is 2.81.